The molecule has 0 fully saturated rings. The summed E-state index contributed by atoms with van der Waals surface area (Å²) in [6.45, 7) is 3.39. The van der Waals surface area contributed by atoms with E-state index in [1.807, 2.05) is 0 Å². The van der Waals surface area contributed by atoms with Crippen LogP contribution in [0.1, 0.15) is 65.2 Å². The van der Waals surface area contributed by atoms with Gasteiger partial charge >= 0.3 is 15.2 Å². The van der Waals surface area contributed by atoms with Gasteiger partial charge in [-0.1, -0.05) is 25.7 Å². The number of hydrogen-bond acceptors (Lipinski definition) is 10. The van der Waals surface area contributed by atoms with Crippen molar-refractivity contribution in [1.29, 1.82) is 0 Å². The first-order valence-electron chi connectivity index (χ1n) is 13.8. The topological polar surface area (TPSA) is 238 Å². The summed E-state index contributed by atoms with van der Waals surface area (Å²) in [5, 5.41) is 27.3. The highest BCUT2D eigenvalue weighted by molar-refractivity contribution is 7.62. The van der Waals surface area contributed by atoms with Crippen LogP contribution < -0.4 is 21.2 Å². The predicted octanol–water partition coefficient (Wildman–Crippen LogP) is 4.90. The lowest BCUT2D eigenvalue weighted by atomic mass is 10.1. The number of nitro groups is 2. The minimum Gasteiger partial charge on any atom is -0.321 e. The van der Waals surface area contributed by atoms with Crippen molar-refractivity contribution >= 4 is 60.4 Å². The lowest BCUT2D eigenvalue weighted by molar-refractivity contribution is -0.384. The molecule has 2 aromatic rings. The van der Waals surface area contributed by atoms with Gasteiger partial charge in [0, 0.05) is 25.0 Å². The molecule has 0 spiro atoms. The number of rotatable bonds is 19. The lowest BCUT2D eigenvalue weighted by Gasteiger charge is -2.17. The van der Waals surface area contributed by atoms with Crippen LogP contribution >= 0.6 is 15.2 Å². The van der Waals surface area contributed by atoms with E-state index >= 15 is 0 Å². The van der Waals surface area contributed by atoms with E-state index in [-0.39, 0.29) is 42.7 Å². The Morgan fingerprint density at radius 3 is 1.50 bits per heavy atom. The molecule has 242 valence electrons. The van der Waals surface area contributed by atoms with Gasteiger partial charge < -0.3 is 29.5 Å². The molecule has 18 heteroatoms. The van der Waals surface area contributed by atoms with Gasteiger partial charge in [-0.2, -0.15) is 0 Å². The van der Waals surface area contributed by atoms with E-state index in [9.17, 15) is 48.7 Å². The molecule has 0 aromatic heterocycles. The van der Waals surface area contributed by atoms with Gasteiger partial charge in [0.15, 0.2) is 0 Å². The highest BCUT2D eigenvalue weighted by Crippen LogP contribution is 2.48. The molecule has 0 aliphatic rings. The van der Waals surface area contributed by atoms with Crippen molar-refractivity contribution in [1.82, 2.24) is 0 Å². The number of amides is 2. The minimum absolute atomic E-state index is 0.0153. The van der Waals surface area contributed by atoms with E-state index in [0.29, 0.717) is 25.7 Å². The van der Waals surface area contributed by atoms with Crippen molar-refractivity contribution in [3.8, 4) is 0 Å². The zero-order valence-electron chi connectivity index (χ0n) is 24.3. The summed E-state index contributed by atoms with van der Waals surface area (Å²) in [6.07, 6.45) is 4.15. The smallest absolute Gasteiger partial charge is 0.321 e. The Bertz CT molecular complexity index is 1440. The zero-order chi connectivity index (χ0) is 32.9. The van der Waals surface area contributed by atoms with Crippen molar-refractivity contribution in [3.63, 3.8) is 0 Å². The van der Waals surface area contributed by atoms with Crippen molar-refractivity contribution in [3.05, 3.63) is 56.6 Å². The molecule has 2 rings (SSSR count). The number of nitro benzene ring substituents is 2. The average molecular weight is 659 g/mol. The summed E-state index contributed by atoms with van der Waals surface area (Å²) in [5.41, 5.74) is -1.26. The summed E-state index contributed by atoms with van der Waals surface area (Å²) in [6, 6.07) is 6.56. The number of carbonyl (C=O) groups is 2. The van der Waals surface area contributed by atoms with Gasteiger partial charge in [0.2, 0.25) is 11.8 Å². The number of nitrogens with zero attached hydrogens (tertiary/aromatic N) is 2. The largest absolute Gasteiger partial charge is 0.361 e. The van der Waals surface area contributed by atoms with E-state index in [1.165, 1.54) is 12.1 Å². The first kappa shape index (κ1) is 36.7. The van der Waals surface area contributed by atoms with Crippen LogP contribution in [0.25, 0.3) is 0 Å². The number of unbranched alkanes of at least 4 members (excludes halogenated alkanes) is 5. The lowest BCUT2D eigenvalue weighted by Crippen LogP contribution is -2.16. The van der Waals surface area contributed by atoms with E-state index in [2.05, 4.69) is 10.6 Å². The first-order valence-corrected chi connectivity index (χ1v) is 17.0. The molecule has 2 amide bonds. The Kier molecular flexibility index (Phi) is 14.2. The third-order valence-corrected chi connectivity index (χ3v) is 9.27. The Morgan fingerprint density at radius 1 is 0.727 bits per heavy atom. The highest BCUT2D eigenvalue weighted by atomic mass is 31.2. The van der Waals surface area contributed by atoms with Crippen molar-refractivity contribution in [2.45, 2.75) is 65.2 Å². The number of benzene rings is 2. The minimum atomic E-state index is -4.69. The number of carbonyl (C=O) groups excluding carboxylic acids is 2. The van der Waals surface area contributed by atoms with Gasteiger partial charge in [0.05, 0.1) is 33.7 Å². The molecule has 0 saturated heterocycles. The second-order valence-electron chi connectivity index (χ2n) is 9.51. The summed E-state index contributed by atoms with van der Waals surface area (Å²) < 4.78 is 34.8. The second kappa shape index (κ2) is 17.1. The van der Waals surface area contributed by atoms with Crippen molar-refractivity contribution < 1.29 is 47.4 Å². The summed E-state index contributed by atoms with van der Waals surface area (Å²) in [4.78, 5) is 64.4. The van der Waals surface area contributed by atoms with Crippen LogP contribution in [0.15, 0.2) is 36.4 Å². The highest BCUT2D eigenvalue weighted by Gasteiger charge is 2.30. The van der Waals surface area contributed by atoms with Crippen LogP contribution in [-0.2, 0) is 27.8 Å². The molecule has 0 aliphatic carbocycles. The van der Waals surface area contributed by atoms with Crippen LogP contribution in [0.4, 0.5) is 22.7 Å². The first-order chi connectivity index (χ1) is 20.7. The van der Waals surface area contributed by atoms with Gasteiger partial charge in [-0.15, -0.1) is 0 Å². The Balaban J connectivity index is 1.75. The van der Waals surface area contributed by atoms with Crippen LogP contribution in [0, 0.1) is 20.2 Å². The van der Waals surface area contributed by atoms with E-state index in [4.69, 9.17) is 9.05 Å². The Labute approximate surface area is 253 Å². The maximum absolute atomic E-state index is 13.0. The molecule has 44 heavy (non-hydrogen) atoms. The van der Waals surface area contributed by atoms with Crippen LogP contribution in [0.3, 0.4) is 0 Å². The molecule has 4 N–H and O–H groups in total. The van der Waals surface area contributed by atoms with Gasteiger partial charge in [-0.3, -0.25) is 38.9 Å². The Hall–Kier alpha value is -3.52. The van der Waals surface area contributed by atoms with E-state index in [1.54, 1.807) is 13.8 Å². The number of nitrogens with one attached hydrogen (secondary N) is 2. The summed E-state index contributed by atoms with van der Waals surface area (Å²) in [5.74, 6) is -0.896. The maximum atomic E-state index is 13.0. The fourth-order valence-electron chi connectivity index (χ4n) is 4.13. The standard InChI is InChI=1S/C26H36N4O12P2/c1-3-41-44(40,42-4-2)20-14-16-22(24(18-20)30(35)36)28-26(32)12-10-8-6-5-7-9-11-25(31)27-21-15-13-19(43(37,38)39)17-23(21)29(33)34/h13-18H,3-12H2,1-2H3,(H,27,31)(H,28,32)(H2,37,38,39). The quantitative estimate of drug-likeness (QED) is 0.0683. The van der Waals surface area contributed by atoms with Crippen LogP contribution in [-0.4, -0.2) is 44.7 Å². The van der Waals surface area contributed by atoms with E-state index < -0.39 is 53.5 Å². The fraction of sp³-hybridized carbons (Fsp3) is 0.462. The van der Waals surface area contributed by atoms with Crippen LogP contribution in [0.2, 0.25) is 0 Å². The Morgan fingerprint density at radius 2 is 1.11 bits per heavy atom. The summed E-state index contributed by atoms with van der Waals surface area (Å²) >= 11 is 0. The molecular weight excluding hydrogens is 622 g/mol. The molecule has 0 heterocycles. The van der Waals surface area contributed by atoms with E-state index in [0.717, 1.165) is 37.1 Å². The molecule has 0 aliphatic heterocycles. The molecule has 0 atom stereocenters. The molecule has 16 nitrogen and oxygen atoms in total. The average Bonchev–Trinajstić information content (AvgIpc) is 2.94. The van der Waals surface area contributed by atoms with Gasteiger partial charge in [-0.05, 0) is 51.0 Å². The third kappa shape index (κ3) is 11.2. The zero-order valence-corrected chi connectivity index (χ0v) is 26.1. The van der Waals surface area contributed by atoms with Gasteiger partial charge in [0.1, 0.15) is 11.4 Å². The molecule has 0 unspecified atom stereocenters. The maximum Gasteiger partial charge on any atom is 0.361 e. The predicted molar refractivity (Wildman–Crippen MR) is 163 cm³/mol. The molecule has 0 saturated carbocycles. The summed E-state index contributed by atoms with van der Waals surface area (Å²) in [7, 11) is -8.44. The second-order valence-corrected chi connectivity index (χ2v) is 13.1. The van der Waals surface area contributed by atoms with Crippen molar-refractivity contribution in [2.75, 3.05) is 23.8 Å². The third-order valence-electron chi connectivity index (χ3n) is 6.21. The number of hydrogen-bond donors (Lipinski definition) is 4. The molecule has 2 aromatic carbocycles. The van der Waals surface area contributed by atoms with Crippen molar-refractivity contribution in [2.24, 2.45) is 0 Å². The monoisotopic (exact) mass is 658 g/mol. The van der Waals surface area contributed by atoms with Gasteiger partial charge in [0.25, 0.3) is 11.4 Å². The fourth-order valence-corrected chi connectivity index (χ4v) is 6.28. The molecule has 0 radical (unpaired) electrons. The number of anilines is 2. The molecular formula is C26H36N4O12P2. The van der Waals surface area contributed by atoms with Crippen LogP contribution in [0.5, 0.6) is 0 Å². The SMILES string of the molecule is CCOP(=O)(OCC)c1ccc(NC(=O)CCCCCCCCC(=O)Nc2ccc(P(=O)(O)O)cc2[N+](=O)[O-])c([N+](=O)[O-])c1. The van der Waals surface area contributed by atoms with Gasteiger partial charge in [-0.25, -0.2) is 0 Å². The molecule has 0 bridgehead atoms. The normalized spacial score (nSPS) is 11.6.